The van der Waals surface area contributed by atoms with Crippen molar-refractivity contribution < 1.29 is 8.78 Å². The predicted molar refractivity (Wildman–Crippen MR) is 42.7 cm³/mol. The third-order valence-corrected chi connectivity index (χ3v) is 1.57. The Hall–Kier alpha value is -0.180. The normalized spacial score (nSPS) is 13.6. The van der Waals surface area contributed by atoms with Gasteiger partial charge in [0, 0.05) is 19.0 Å². The summed E-state index contributed by atoms with van der Waals surface area (Å²) in [6.07, 6.45) is 0. The molecule has 0 aromatic rings. The summed E-state index contributed by atoms with van der Waals surface area (Å²) in [4.78, 5) is 1.19. The fourth-order valence-electron chi connectivity index (χ4n) is 1.50. The predicted octanol–water partition coefficient (Wildman–Crippen LogP) is 2.72. The topological polar surface area (TPSA) is 3.24 Å². The molecule has 0 aliphatic rings. The van der Waals surface area contributed by atoms with Gasteiger partial charge in [0.1, 0.15) is 0 Å². The molecule has 11 heavy (non-hydrogen) atoms. The van der Waals surface area contributed by atoms with E-state index in [9.17, 15) is 8.78 Å². The van der Waals surface area contributed by atoms with Gasteiger partial charge in [-0.2, -0.15) is 8.78 Å². The van der Waals surface area contributed by atoms with Crippen LogP contribution in [0.4, 0.5) is 8.78 Å². The lowest BCUT2D eigenvalue weighted by molar-refractivity contribution is -0.158. The quantitative estimate of drug-likeness (QED) is 0.581. The highest BCUT2D eigenvalue weighted by Gasteiger charge is 2.34. The summed E-state index contributed by atoms with van der Waals surface area (Å²) in [5, 5.41) is 0. The Kier molecular flexibility index (Phi) is 3.42. The minimum absolute atomic E-state index is 0.116. The summed E-state index contributed by atoms with van der Waals surface area (Å²) < 4.78 is 25.6. The summed E-state index contributed by atoms with van der Waals surface area (Å²) in [6.45, 7) is 8.04. The number of rotatable bonds is 3. The monoisotopic (exact) mass is 165 g/mol. The van der Waals surface area contributed by atoms with E-state index in [1.807, 2.05) is 0 Å². The average Bonchev–Trinajstić information content (AvgIpc) is 1.54. The van der Waals surface area contributed by atoms with Crippen molar-refractivity contribution in [3.63, 3.8) is 0 Å². The molecule has 0 atom stereocenters. The van der Waals surface area contributed by atoms with Crippen LogP contribution in [0.3, 0.4) is 0 Å². The minimum Gasteiger partial charge on any atom is -0.240 e. The number of nitrogens with zero attached hydrogens (tertiary/aromatic N) is 1. The van der Waals surface area contributed by atoms with Crippen LogP contribution in [-0.2, 0) is 0 Å². The number of halogens is 2. The highest BCUT2D eigenvalue weighted by molar-refractivity contribution is 4.72. The van der Waals surface area contributed by atoms with Crippen LogP contribution in [0.25, 0.3) is 0 Å². The molecule has 0 radical (unpaired) electrons. The molecule has 0 spiro atoms. The molecule has 0 bridgehead atoms. The molecule has 3 heteroatoms. The zero-order chi connectivity index (χ0) is 9.23. The van der Waals surface area contributed by atoms with Crippen LogP contribution in [0.15, 0.2) is 0 Å². The lowest BCUT2D eigenvalue weighted by Gasteiger charge is -2.35. The fraction of sp³-hybridized carbons (Fsp3) is 1.00. The van der Waals surface area contributed by atoms with E-state index >= 15 is 0 Å². The molecule has 0 aliphatic heterocycles. The first-order valence-corrected chi connectivity index (χ1v) is 3.93. The van der Waals surface area contributed by atoms with Crippen molar-refractivity contribution in [2.24, 2.45) is 0 Å². The van der Waals surface area contributed by atoms with Gasteiger partial charge in [0.2, 0.25) is 0 Å². The van der Waals surface area contributed by atoms with Crippen molar-refractivity contribution in [1.82, 2.24) is 4.90 Å². The summed E-state index contributed by atoms with van der Waals surface area (Å²) in [6, 6.07) is -2.94. The molecular formula is C8H17F2N. The zero-order valence-electron chi connectivity index (χ0n) is 7.86. The second-order valence-electron chi connectivity index (χ2n) is 3.44. The highest BCUT2D eigenvalue weighted by atomic mass is 19.3. The Morgan fingerprint density at radius 2 is 1.27 bits per heavy atom. The van der Waals surface area contributed by atoms with Crippen LogP contribution in [0.2, 0.25) is 0 Å². The molecule has 0 rings (SSSR count). The number of hydrogen-bond donors (Lipinski definition) is 0. The van der Waals surface area contributed by atoms with Gasteiger partial charge in [-0.15, -0.1) is 0 Å². The fourth-order valence-corrected chi connectivity index (χ4v) is 1.50. The van der Waals surface area contributed by atoms with E-state index in [2.05, 4.69) is 0 Å². The van der Waals surface area contributed by atoms with Crippen molar-refractivity contribution in [1.29, 1.82) is 0 Å². The second kappa shape index (κ2) is 3.48. The van der Waals surface area contributed by atoms with Crippen LogP contribution < -0.4 is 0 Å². The zero-order valence-corrected chi connectivity index (χ0v) is 7.86. The van der Waals surface area contributed by atoms with E-state index in [1.54, 1.807) is 27.7 Å². The van der Waals surface area contributed by atoms with E-state index in [4.69, 9.17) is 0 Å². The molecule has 0 heterocycles. The maximum absolute atomic E-state index is 12.8. The first-order chi connectivity index (χ1) is 4.76. The van der Waals surface area contributed by atoms with Gasteiger partial charge >= 0.3 is 6.05 Å². The highest BCUT2D eigenvalue weighted by Crippen LogP contribution is 2.23. The molecule has 0 N–H and O–H groups in total. The Balaban J connectivity index is 4.35. The summed E-state index contributed by atoms with van der Waals surface area (Å²) in [5.74, 6) is 0. The Bertz CT molecular complexity index is 108. The summed E-state index contributed by atoms with van der Waals surface area (Å²) >= 11 is 0. The van der Waals surface area contributed by atoms with Crippen LogP contribution in [0.1, 0.15) is 34.6 Å². The third kappa shape index (κ3) is 3.14. The van der Waals surface area contributed by atoms with E-state index in [0.29, 0.717) is 0 Å². The first-order valence-electron chi connectivity index (χ1n) is 3.93. The molecule has 0 unspecified atom stereocenters. The second-order valence-corrected chi connectivity index (χ2v) is 3.44. The van der Waals surface area contributed by atoms with E-state index in [0.717, 1.165) is 6.92 Å². The molecule has 68 valence electrons. The third-order valence-electron chi connectivity index (χ3n) is 1.57. The van der Waals surface area contributed by atoms with Gasteiger partial charge in [-0.3, -0.25) is 0 Å². The van der Waals surface area contributed by atoms with Gasteiger partial charge in [0.25, 0.3) is 0 Å². The molecular weight excluding hydrogens is 148 g/mol. The van der Waals surface area contributed by atoms with Gasteiger partial charge in [-0.25, -0.2) is 4.90 Å². The average molecular weight is 165 g/mol. The maximum atomic E-state index is 12.8. The molecule has 0 fully saturated rings. The molecule has 0 aliphatic carbocycles. The van der Waals surface area contributed by atoms with Crippen LogP contribution in [-0.4, -0.2) is 23.0 Å². The van der Waals surface area contributed by atoms with Crippen molar-refractivity contribution in [3.05, 3.63) is 0 Å². The van der Waals surface area contributed by atoms with Crippen LogP contribution in [0, 0.1) is 0 Å². The molecule has 1 nitrogen and oxygen atoms in total. The molecule has 0 amide bonds. The standard InChI is InChI=1S/C8H17F2N/c1-6(2)11(7(3)4)8(5,9)10/h6-7H,1-5H3. The first kappa shape index (κ1) is 10.8. The van der Waals surface area contributed by atoms with E-state index in [-0.39, 0.29) is 12.1 Å². The molecule has 0 saturated carbocycles. The van der Waals surface area contributed by atoms with Crippen LogP contribution in [0.5, 0.6) is 0 Å². The van der Waals surface area contributed by atoms with Crippen molar-refractivity contribution in [2.75, 3.05) is 0 Å². The molecule has 0 saturated heterocycles. The summed E-state index contributed by atoms with van der Waals surface area (Å²) in [7, 11) is 0. The smallest absolute Gasteiger partial charge is 0.240 e. The van der Waals surface area contributed by atoms with Crippen molar-refractivity contribution in [3.8, 4) is 0 Å². The van der Waals surface area contributed by atoms with Crippen molar-refractivity contribution in [2.45, 2.75) is 52.7 Å². The maximum Gasteiger partial charge on any atom is 0.302 e. The van der Waals surface area contributed by atoms with Gasteiger partial charge in [-0.05, 0) is 27.7 Å². The van der Waals surface area contributed by atoms with E-state index in [1.165, 1.54) is 4.90 Å². The van der Waals surface area contributed by atoms with Gasteiger partial charge in [0.15, 0.2) is 0 Å². The van der Waals surface area contributed by atoms with Crippen molar-refractivity contribution >= 4 is 0 Å². The van der Waals surface area contributed by atoms with Gasteiger partial charge < -0.3 is 0 Å². The van der Waals surface area contributed by atoms with Gasteiger partial charge in [-0.1, -0.05) is 0 Å². The molecule has 0 aromatic heterocycles. The Morgan fingerprint density at radius 1 is 1.00 bits per heavy atom. The number of alkyl halides is 2. The lowest BCUT2D eigenvalue weighted by Crippen LogP contribution is -2.48. The Morgan fingerprint density at radius 3 is 1.27 bits per heavy atom. The summed E-state index contributed by atoms with van der Waals surface area (Å²) in [5.41, 5.74) is 0. The van der Waals surface area contributed by atoms with E-state index < -0.39 is 6.05 Å². The van der Waals surface area contributed by atoms with Gasteiger partial charge in [0.05, 0.1) is 0 Å². The number of hydrogen-bond acceptors (Lipinski definition) is 1. The largest absolute Gasteiger partial charge is 0.302 e. The Labute approximate surface area is 67.4 Å². The minimum atomic E-state index is -2.71. The van der Waals surface area contributed by atoms with Crippen LogP contribution >= 0.6 is 0 Å². The lowest BCUT2D eigenvalue weighted by atomic mass is 10.2. The SMILES string of the molecule is CC(C)N(C(C)C)C(C)(F)F. The molecule has 0 aromatic carbocycles.